The largest absolute Gasteiger partial charge is 0.353 e. The normalized spacial score (nSPS) is 20.9. The molecule has 1 rings (SSSR count). The second-order valence-electron chi connectivity index (χ2n) is 7.30. The van der Waals surface area contributed by atoms with Crippen molar-refractivity contribution in [2.24, 2.45) is 23.0 Å². The van der Waals surface area contributed by atoms with Crippen molar-refractivity contribution in [1.82, 2.24) is 5.32 Å². The molecule has 2 unspecified atom stereocenters. The summed E-state index contributed by atoms with van der Waals surface area (Å²) in [7, 11) is 0. The van der Waals surface area contributed by atoms with Gasteiger partial charge in [0.2, 0.25) is 5.91 Å². The van der Waals surface area contributed by atoms with Crippen molar-refractivity contribution in [3.63, 3.8) is 0 Å². The first kappa shape index (κ1) is 16.5. The van der Waals surface area contributed by atoms with Gasteiger partial charge in [0, 0.05) is 18.5 Å². The van der Waals surface area contributed by atoms with Gasteiger partial charge in [0.05, 0.1) is 0 Å². The summed E-state index contributed by atoms with van der Waals surface area (Å²) in [6, 6.07) is 0.261. The molecular weight excluding hydrogens is 236 g/mol. The molecule has 1 aliphatic carbocycles. The SMILES string of the molecule is CC(CN)C(=O)NC(CC1CCCCC1)C(C)(C)C. The first-order valence-electron chi connectivity index (χ1n) is 7.85. The summed E-state index contributed by atoms with van der Waals surface area (Å²) in [5.41, 5.74) is 5.69. The number of rotatable bonds is 5. The standard InChI is InChI=1S/C16H32N2O/c1-12(11-17)15(19)18-14(16(2,3)4)10-13-8-6-5-7-9-13/h12-14H,5-11,17H2,1-4H3,(H,18,19). The summed E-state index contributed by atoms with van der Waals surface area (Å²) >= 11 is 0. The Hall–Kier alpha value is -0.570. The van der Waals surface area contributed by atoms with E-state index in [0.717, 1.165) is 12.3 Å². The fraction of sp³-hybridized carbons (Fsp3) is 0.938. The lowest BCUT2D eigenvalue weighted by molar-refractivity contribution is -0.125. The maximum absolute atomic E-state index is 12.1. The monoisotopic (exact) mass is 268 g/mol. The Bertz CT molecular complexity index is 277. The highest BCUT2D eigenvalue weighted by Gasteiger charge is 2.30. The Labute approximate surface area is 118 Å². The maximum Gasteiger partial charge on any atom is 0.224 e. The summed E-state index contributed by atoms with van der Waals surface area (Å²) in [5, 5.41) is 3.24. The summed E-state index contributed by atoms with van der Waals surface area (Å²) in [5.74, 6) is 0.806. The highest BCUT2D eigenvalue weighted by Crippen LogP contribution is 2.32. The quantitative estimate of drug-likeness (QED) is 0.805. The first-order valence-corrected chi connectivity index (χ1v) is 7.85. The van der Waals surface area contributed by atoms with E-state index in [4.69, 9.17) is 5.73 Å². The van der Waals surface area contributed by atoms with E-state index in [1.165, 1.54) is 32.1 Å². The number of nitrogens with two attached hydrogens (primary N) is 1. The van der Waals surface area contributed by atoms with E-state index in [2.05, 4.69) is 26.1 Å². The molecule has 3 N–H and O–H groups in total. The Morgan fingerprint density at radius 3 is 2.32 bits per heavy atom. The zero-order chi connectivity index (χ0) is 14.5. The predicted molar refractivity (Wildman–Crippen MR) is 80.8 cm³/mol. The molecule has 0 aromatic rings. The lowest BCUT2D eigenvalue weighted by Gasteiger charge is -2.36. The lowest BCUT2D eigenvalue weighted by atomic mass is 9.77. The second-order valence-corrected chi connectivity index (χ2v) is 7.30. The molecule has 3 nitrogen and oxygen atoms in total. The first-order chi connectivity index (χ1) is 8.84. The van der Waals surface area contributed by atoms with Gasteiger partial charge < -0.3 is 11.1 Å². The highest BCUT2D eigenvalue weighted by atomic mass is 16.1. The second kappa shape index (κ2) is 7.28. The summed E-state index contributed by atoms with van der Waals surface area (Å²) < 4.78 is 0. The van der Waals surface area contributed by atoms with Crippen LogP contribution in [0.25, 0.3) is 0 Å². The summed E-state index contributed by atoms with van der Waals surface area (Å²) in [6.45, 7) is 8.97. The van der Waals surface area contributed by atoms with Crippen LogP contribution in [-0.4, -0.2) is 18.5 Å². The number of hydrogen-bond acceptors (Lipinski definition) is 2. The van der Waals surface area contributed by atoms with Gasteiger partial charge in [0.15, 0.2) is 0 Å². The molecule has 19 heavy (non-hydrogen) atoms. The third-order valence-corrected chi connectivity index (χ3v) is 4.46. The number of carbonyl (C=O) groups is 1. The number of hydrogen-bond donors (Lipinski definition) is 2. The Balaban J connectivity index is 2.59. The molecule has 1 amide bonds. The molecule has 0 heterocycles. The van der Waals surface area contributed by atoms with Crippen LogP contribution in [0.2, 0.25) is 0 Å². The van der Waals surface area contributed by atoms with Crippen LogP contribution in [0.1, 0.15) is 66.2 Å². The lowest BCUT2D eigenvalue weighted by Crippen LogP contribution is -2.47. The summed E-state index contributed by atoms with van der Waals surface area (Å²) in [6.07, 6.45) is 7.87. The van der Waals surface area contributed by atoms with Crippen molar-refractivity contribution in [2.75, 3.05) is 6.54 Å². The molecule has 1 fully saturated rings. The average Bonchev–Trinajstić information content (AvgIpc) is 2.37. The van der Waals surface area contributed by atoms with Crippen LogP contribution in [0.5, 0.6) is 0 Å². The average molecular weight is 268 g/mol. The molecule has 0 saturated heterocycles. The third kappa shape index (κ3) is 5.52. The van der Waals surface area contributed by atoms with Crippen molar-refractivity contribution in [2.45, 2.75) is 72.3 Å². The molecule has 0 bridgehead atoms. The van der Waals surface area contributed by atoms with Crippen LogP contribution in [0.4, 0.5) is 0 Å². The van der Waals surface area contributed by atoms with Gasteiger partial charge in [-0.25, -0.2) is 0 Å². The van der Waals surface area contributed by atoms with Gasteiger partial charge in [-0.3, -0.25) is 4.79 Å². The highest BCUT2D eigenvalue weighted by molar-refractivity contribution is 5.78. The van der Waals surface area contributed by atoms with Gasteiger partial charge in [0.1, 0.15) is 0 Å². The molecule has 1 aliphatic rings. The van der Waals surface area contributed by atoms with Crippen LogP contribution in [-0.2, 0) is 4.79 Å². The van der Waals surface area contributed by atoms with Gasteiger partial charge in [-0.15, -0.1) is 0 Å². The van der Waals surface area contributed by atoms with Gasteiger partial charge in [-0.05, 0) is 17.8 Å². The molecular formula is C16H32N2O. The van der Waals surface area contributed by atoms with Crippen molar-refractivity contribution in [3.8, 4) is 0 Å². The van der Waals surface area contributed by atoms with Crippen molar-refractivity contribution < 1.29 is 4.79 Å². The number of amides is 1. The molecule has 0 radical (unpaired) electrons. The van der Waals surface area contributed by atoms with E-state index in [0.29, 0.717) is 6.54 Å². The fourth-order valence-corrected chi connectivity index (χ4v) is 2.81. The Morgan fingerprint density at radius 2 is 1.84 bits per heavy atom. The van der Waals surface area contributed by atoms with Crippen molar-refractivity contribution >= 4 is 5.91 Å². The number of carbonyl (C=O) groups excluding carboxylic acids is 1. The number of nitrogens with one attached hydrogen (secondary N) is 1. The maximum atomic E-state index is 12.1. The van der Waals surface area contributed by atoms with Gasteiger partial charge in [0.25, 0.3) is 0 Å². The predicted octanol–water partition coefficient (Wildman–Crippen LogP) is 3.08. The molecule has 0 aliphatic heterocycles. The van der Waals surface area contributed by atoms with E-state index < -0.39 is 0 Å². The zero-order valence-corrected chi connectivity index (χ0v) is 13.2. The van der Waals surface area contributed by atoms with Crippen LogP contribution in [0, 0.1) is 17.3 Å². The molecule has 0 aromatic carbocycles. The van der Waals surface area contributed by atoms with Crippen molar-refractivity contribution in [3.05, 3.63) is 0 Å². The Morgan fingerprint density at radius 1 is 1.26 bits per heavy atom. The van der Waals surface area contributed by atoms with Crippen LogP contribution < -0.4 is 11.1 Å². The summed E-state index contributed by atoms with van der Waals surface area (Å²) in [4.78, 5) is 12.1. The van der Waals surface area contributed by atoms with Gasteiger partial charge in [-0.2, -0.15) is 0 Å². The van der Waals surface area contributed by atoms with E-state index >= 15 is 0 Å². The van der Waals surface area contributed by atoms with Crippen LogP contribution >= 0.6 is 0 Å². The minimum absolute atomic E-state index is 0.0868. The third-order valence-electron chi connectivity index (χ3n) is 4.46. The molecule has 112 valence electrons. The van der Waals surface area contributed by atoms with Crippen LogP contribution in [0.15, 0.2) is 0 Å². The smallest absolute Gasteiger partial charge is 0.224 e. The Kier molecular flexibility index (Phi) is 6.31. The molecule has 0 aromatic heterocycles. The van der Waals surface area contributed by atoms with Gasteiger partial charge in [-0.1, -0.05) is 59.8 Å². The molecule has 0 spiro atoms. The fourth-order valence-electron chi connectivity index (χ4n) is 2.81. The van der Waals surface area contributed by atoms with Gasteiger partial charge >= 0.3 is 0 Å². The van der Waals surface area contributed by atoms with Crippen molar-refractivity contribution in [1.29, 1.82) is 0 Å². The van der Waals surface area contributed by atoms with E-state index in [1.54, 1.807) is 0 Å². The zero-order valence-electron chi connectivity index (χ0n) is 13.2. The van der Waals surface area contributed by atoms with Crippen LogP contribution in [0.3, 0.4) is 0 Å². The topological polar surface area (TPSA) is 55.1 Å². The van der Waals surface area contributed by atoms with E-state index in [9.17, 15) is 4.79 Å². The molecule has 2 atom stereocenters. The van der Waals surface area contributed by atoms with E-state index in [1.807, 2.05) is 6.92 Å². The minimum Gasteiger partial charge on any atom is -0.353 e. The minimum atomic E-state index is -0.0868. The molecule has 1 saturated carbocycles. The molecule has 3 heteroatoms. The van der Waals surface area contributed by atoms with E-state index in [-0.39, 0.29) is 23.3 Å².